The average molecular weight is 265 g/mol. The van der Waals surface area contributed by atoms with Gasteiger partial charge in [0, 0.05) is 6.04 Å². The summed E-state index contributed by atoms with van der Waals surface area (Å²) in [6.45, 7) is 0. The zero-order chi connectivity index (χ0) is 12.7. The van der Waals surface area contributed by atoms with Crippen molar-refractivity contribution in [2.75, 3.05) is 5.73 Å². The summed E-state index contributed by atoms with van der Waals surface area (Å²) >= 11 is 5.93. The predicted octanol–water partition coefficient (Wildman–Crippen LogP) is 2.84. The van der Waals surface area contributed by atoms with Gasteiger partial charge in [0.25, 0.3) is 5.91 Å². The second kappa shape index (κ2) is 4.47. The fourth-order valence-electron chi connectivity index (χ4n) is 3.40. The van der Waals surface area contributed by atoms with Crippen LogP contribution in [0, 0.1) is 11.8 Å². The van der Waals surface area contributed by atoms with Crippen LogP contribution in [0.4, 0.5) is 5.69 Å². The minimum atomic E-state index is -0.0902. The molecular weight excluding hydrogens is 248 g/mol. The number of amides is 1. The number of hydrogen-bond acceptors (Lipinski definition) is 2. The number of hydrogen-bond donors (Lipinski definition) is 2. The maximum absolute atomic E-state index is 12.2. The summed E-state index contributed by atoms with van der Waals surface area (Å²) in [6.07, 6.45) is 4.98. The van der Waals surface area contributed by atoms with Gasteiger partial charge in [-0.1, -0.05) is 24.1 Å². The van der Waals surface area contributed by atoms with Crippen molar-refractivity contribution in [2.45, 2.75) is 31.7 Å². The Morgan fingerprint density at radius 3 is 2.83 bits per heavy atom. The molecule has 1 aromatic carbocycles. The molecule has 0 aliphatic heterocycles. The number of halogens is 1. The predicted molar refractivity (Wildman–Crippen MR) is 72.6 cm³/mol. The van der Waals surface area contributed by atoms with Crippen molar-refractivity contribution in [3.8, 4) is 0 Å². The topological polar surface area (TPSA) is 55.1 Å². The van der Waals surface area contributed by atoms with Gasteiger partial charge >= 0.3 is 0 Å². The molecule has 2 aliphatic carbocycles. The summed E-state index contributed by atoms with van der Waals surface area (Å²) in [6, 6.07) is 5.51. The second-order valence-electron chi connectivity index (χ2n) is 5.46. The SMILES string of the molecule is Nc1c(Cl)cccc1C(=O)NC1CC2CCC1C2. The van der Waals surface area contributed by atoms with Crippen molar-refractivity contribution >= 4 is 23.2 Å². The highest BCUT2D eigenvalue weighted by atomic mass is 35.5. The molecule has 0 saturated heterocycles. The molecule has 2 saturated carbocycles. The maximum atomic E-state index is 12.2. The number of carbonyl (C=O) groups is 1. The molecular formula is C14H17ClN2O. The number of benzene rings is 1. The molecule has 18 heavy (non-hydrogen) atoms. The van der Waals surface area contributed by atoms with Crippen molar-refractivity contribution in [3.05, 3.63) is 28.8 Å². The highest BCUT2D eigenvalue weighted by molar-refractivity contribution is 6.33. The lowest BCUT2D eigenvalue weighted by molar-refractivity contribution is 0.0924. The highest BCUT2D eigenvalue weighted by Crippen LogP contribution is 2.44. The fraction of sp³-hybridized carbons (Fsp3) is 0.500. The number of para-hydroxylation sites is 1. The van der Waals surface area contributed by atoms with Crippen LogP contribution in [0.2, 0.25) is 5.02 Å². The molecule has 3 atom stereocenters. The van der Waals surface area contributed by atoms with Gasteiger partial charge < -0.3 is 11.1 Å². The van der Waals surface area contributed by atoms with Gasteiger partial charge in [0.2, 0.25) is 0 Å². The standard InChI is InChI=1S/C14H17ClN2O/c15-11-3-1-2-10(13(11)16)14(18)17-12-7-8-4-5-9(12)6-8/h1-3,8-9,12H,4-7,16H2,(H,17,18). The Morgan fingerprint density at radius 1 is 1.33 bits per heavy atom. The lowest BCUT2D eigenvalue weighted by atomic mass is 9.95. The maximum Gasteiger partial charge on any atom is 0.253 e. The Hall–Kier alpha value is -1.22. The molecule has 0 aromatic heterocycles. The zero-order valence-corrected chi connectivity index (χ0v) is 10.9. The fourth-order valence-corrected chi connectivity index (χ4v) is 3.58. The van der Waals surface area contributed by atoms with Crippen LogP contribution in [0.25, 0.3) is 0 Å². The number of carbonyl (C=O) groups excluding carboxylic acids is 1. The zero-order valence-electron chi connectivity index (χ0n) is 10.2. The van der Waals surface area contributed by atoms with E-state index in [-0.39, 0.29) is 5.91 Å². The van der Waals surface area contributed by atoms with E-state index in [1.165, 1.54) is 19.3 Å². The first kappa shape index (κ1) is 11.8. The minimum absolute atomic E-state index is 0.0902. The van der Waals surface area contributed by atoms with Crippen LogP contribution in [0.1, 0.15) is 36.0 Å². The van der Waals surface area contributed by atoms with E-state index in [2.05, 4.69) is 5.32 Å². The van der Waals surface area contributed by atoms with E-state index < -0.39 is 0 Å². The lowest BCUT2D eigenvalue weighted by Gasteiger charge is -2.23. The van der Waals surface area contributed by atoms with Crippen LogP contribution in [0.3, 0.4) is 0 Å². The average Bonchev–Trinajstić information content (AvgIpc) is 2.94. The quantitative estimate of drug-likeness (QED) is 0.807. The number of nitrogens with one attached hydrogen (secondary N) is 1. The summed E-state index contributed by atoms with van der Waals surface area (Å²) in [4.78, 5) is 12.2. The van der Waals surface area contributed by atoms with E-state index >= 15 is 0 Å². The molecule has 1 amide bonds. The number of fused-ring (bicyclic) bond motifs is 2. The van der Waals surface area contributed by atoms with Crippen LogP contribution in [-0.4, -0.2) is 11.9 Å². The number of anilines is 1. The van der Waals surface area contributed by atoms with E-state index in [0.29, 0.717) is 28.2 Å². The van der Waals surface area contributed by atoms with Crippen LogP contribution in [0.5, 0.6) is 0 Å². The molecule has 2 fully saturated rings. The molecule has 0 spiro atoms. The molecule has 1 aromatic rings. The van der Waals surface area contributed by atoms with Gasteiger partial charge in [-0.3, -0.25) is 4.79 Å². The monoisotopic (exact) mass is 264 g/mol. The van der Waals surface area contributed by atoms with Gasteiger partial charge in [-0.15, -0.1) is 0 Å². The Morgan fingerprint density at radius 2 is 2.17 bits per heavy atom. The Labute approximate surface area is 112 Å². The van der Waals surface area contributed by atoms with Crippen LogP contribution < -0.4 is 11.1 Å². The van der Waals surface area contributed by atoms with Crippen molar-refractivity contribution < 1.29 is 4.79 Å². The summed E-state index contributed by atoms with van der Waals surface area (Å²) in [5.41, 5.74) is 6.71. The van der Waals surface area contributed by atoms with Gasteiger partial charge in [-0.25, -0.2) is 0 Å². The third kappa shape index (κ3) is 1.97. The Bertz CT molecular complexity index is 489. The van der Waals surface area contributed by atoms with Crippen molar-refractivity contribution in [1.29, 1.82) is 0 Å². The molecule has 3 rings (SSSR count). The minimum Gasteiger partial charge on any atom is -0.397 e. The first-order valence-electron chi connectivity index (χ1n) is 6.50. The molecule has 96 valence electrons. The van der Waals surface area contributed by atoms with E-state index in [1.54, 1.807) is 18.2 Å². The number of nitrogens with two attached hydrogens (primary N) is 1. The third-order valence-corrected chi connectivity index (χ3v) is 4.68. The first-order valence-corrected chi connectivity index (χ1v) is 6.88. The van der Waals surface area contributed by atoms with E-state index in [0.717, 1.165) is 12.3 Å². The smallest absolute Gasteiger partial charge is 0.253 e. The van der Waals surface area contributed by atoms with Gasteiger partial charge in [0.05, 0.1) is 16.3 Å². The van der Waals surface area contributed by atoms with Crippen molar-refractivity contribution in [3.63, 3.8) is 0 Å². The van der Waals surface area contributed by atoms with E-state index in [1.807, 2.05) is 0 Å². The lowest BCUT2D eigenvalue weighted by Crippen LogP contribution is -2.38. The Kier molecular flexibility index (Phi) is 2.94. The van der Waals surface area contributed by atoms with Crippen LogP contribution >= 0.6 is 11.6 Å². The number of nitrogen functional groups attached to an aromatic ring is 1. The van der Waals surface area contributed by atoms with Gasteiger partial charge in [-0.05, 0) is 43.2 Å². The molecule has 2 bridgehead atoms. The third-order valence-electron chi connectivity index (χ3n) is 4.35. The van der Waals surface area contributed by atoms with Gasteiger partial charge in [-0.2, -0.15) is 0 Å². The van der Waals surface area contributed by atoms with Gasteiger partial charge in [0.1, 0.15) is 0 Å². The van der Waals surface area contributed by atoms with Gasteiger partial charge in [0.15, 0.2) is 0 Å². The van der Waals surface area contributed by atoms with Crippen molar-refractivity contribution in [1.82, 2.24) is 5.32 Å². The normalized spacial score (nSPS) is 29.5. The van der Waals surface area contributed by atoms with E-state index in [4.69, 9.17) is 17.3 Å². The summed E-state index contributed by atoms with van der Waals surface area (Å²) < 4.78 is 0. The molecule has 3 nitrogen and oxygen atoms in total. The van der Waals surface area contributed by atoms with Crippen LogP contribution in [-0.2, 0) is 0 Å². The molecule has 0 radical (unpaired) electrons. The molecule has 0 heterocycles. The molecule has 2 aliphatic rings. The molecule has 3 unspecified atom stereocenters. The number of rotatable bonds is 2. The summed E-state index contributed by atoms with van der Waals surface area (Å²) in [5.74, 6) is 1.39. The largest absolute Gasteiger partial charge is 0.397 e. The Balaban J connectivity index is 1.73. The van der Waals surface area contributed by atoms with Crippen molar-refractivity contribution in [2.24, 2.45) is 11.8 Å². The molecule has 4 heteroatoms. The van der Waals surface area contributed by atoms with Crippen LogP contribution in [0.15, 0.2) is 18.2 Å². The summed E-state index contributed by atoms with van der Waals surface area (Å²) in [7, 11) is 0. The second-order valence-corrected chi connectivity index (χ2v) is 5.86. The van der Waals surface area contributed by atoms with E-state index in [9.17, 15) is 4.79 Å². The highest BCUT2D eigenvalue weighted by Gasteiger charge is 2.40. The first-order chi connectivity index (χ1) is 8.65. The molecule has 3 N–H and O–H groups in total. The summed E-state index contributed by atoms with van der Waals surface area (Å²) in [5, 5.41) is 3.56.